The van der Waals surface area contributed by atoms with E-state index < -0.39 is 5.97 Å². The minimum absolute atomic E-state index is 0.0952. The van der Waals surface area contributed by atoms with E-state index in [1.165, 1.54) is 12.8 Å². The van der Waals surface area contributed by atoms with Gasteiger partial charge in [0.2, 0.25) is 0 Å². The molecule has 2 bridgehead atoms. The molecule has 2 aliphatic heterocycles. The number of anilines is 1. The van der Waals surface area contributed by atoms with Gasteiger partial charge in [-0.15, -0.1) is 0 Å². The summed E-state index contributed by atoms with van der Waals surface area (Å²) in [4.78, 5) is 41.0. The third-order valence-electron chi connectivity index (χ3n) is 4.87. The lowest BCUT2D eigenvalue weighted by Gasteiger charge is -2.31. The molecule has 0 radical (unpaired) electrons. The number of carbonyl (C=O) groups is 3. The first-order valence-corrected chi connectivity index (χ1v) is 9.28. The third kappa shape index (κ3) is 6.95. The summed E-state index contributed by atoms with van der Waals surface area (Å²) in [6.07, 6.45) is 4.10. The Morgan fingerprint density at radius 3 is 2.45 bits per heavy atom. The van der Waals surface area contributed by atoms with Gasteiger partial charge in [-0.25, -0.2) is 9.97 Å². The summed E-state index contributed by atoms with van der Waals surface area (Å²) in [6.45, 7) is 3.23. The molecule has 2 saturated heterocycles. The molecule has 0 amide bonds. The van der Waals surface area contributed by atoms with Crippen LogP contribution in [0, 0.1) is 5.92 Å². The van der Waals surface area contributed by atoms with E-state index in [0.717, 1.165) is 24.6 Å². The van der Waals surface area contributed by atoms with Gasteiger partial charge in [0.05, 0.1) is 25.8 Å². The van der Waals surface area contributed by atoms with Crippen molar-refractivity contribution in [3.8, 4) is 0 Å². The molecular formula is C18H26N4O7. The Kier molecular flexibility index (Phi) is 8.74. The molecule has 0 unspecified atom stereocenters. The molecule has 0 spiro atoms. The minimum atomic E-state index is -0.768. The molecule has 29 heavy (non-hydrogen) atoms. The van der Waals surface area contributed by atoms with Gasteiger partial charge in [-0.1, -0.05) is 0 Å². The maximum Gasteiger partial charge on any atom is 0.317 e. The smallest absolute Gasteiger partial charge is 0.317 e. The Balaban J connectivity index is 0.000000449. The van der Waals surface area contributed by atoms with Gasteiger partial charge in [-0.05, 0) is 12.8 Å². The SMILES string of the molecule is O=C(O)CN1C[C@@H]2COC[C@H](C1)N(c1cc(C3CC3)ncn1)C2.O=CO.O=CO. The quantitative estimate of drug-likeness (QED) is 0.574. The van der Waals surface area contributed by atoms with E-state index in [1.807, 2.05) is 4.90 Å². The average molecular weight is 410 g/mol. The molecule has 3 fully saturated rings. The van der Waals surface area contributed by atoms with Crippen LogP contribution in [0.2, 0.25) is 0 Å². The number of hydrogen-bond acceptors (Lipinski definition) is 8. The molecule has 3 heterocycles. The second kappa shape index (κ2) is 11.3. The van der Waals surface area contributed by atoms with E-state index in [4.69, 9.17) is 29.6 Å². The summed E-state index contributed by atoms with van der Waals surface area (Å²) in [5.41, 5.74) is 1.14. The summed E-state index contributed by atoms with van der Waals surface area (Å²) < 4.78 is 5.80. The summed E-state index contributed by atoms with van der Waals surface area (Å²) >= 11 is 0. The van der Waals surface area contributed by atoms with Crippen molar-refractivity contribution in [2.45, 2.75) is 24.8 Å². The number of carboxylic acids is 1. The van der Waals surface area contributed by atoms with Gasteiger partial charge in [0.15, 0.2) is 0 Å². The zero-order valence-corrected chi connectivity index (χ0v) is 16.0. The Bertz CT molecular complexity index is 680. The number of aromatic nitrogens is 2. The van der Waals surface area contributed by atoms with Gasteiger partial charge in [-0.2, -0.15) is 0 Å². The summed E-state index contributed by atoms with van der Waals surface area (Å²) in [6, 6.07) is 2.25. The molecule has 2 atom stereocenters. The van der Waals surface area contributed by atoms with Gasteiger partial charge in [-0.3, -0.25) is 19.3 Å². The molecule has 1 aromatic heterocycles. The lowest BCUT2D eigenvalue weighted by molar-refractivity contribution is -0.138. The fourth-order valence-electron chi connectivity index (χ4n) is 3.66. The first-order valence-electron chi connectivity index (χ1n) is 9.28. The van der Waals surface area contributed by atoms with Crippen LogP contribution in [-0.4, -0.2) is 94.5 Å². The fraction of sp³-hybridized carbons (Fsp3) is 0.611. The molecule has 0 aromatic carbocycles. The van der Waals surface area contributed by atoms with Crippen LogP contribution in [0.25, 0.3) is 0 Å². The lowest BCUT2D eigenvalue weighted by atomic mass is 10.1. The number of aliphatic carboxylic acids is 1. The van der Waals surface area contributed by atoms with Crippen molar-refractivity contribution in [2.75, 3.05) is 44.3 Å². The van der Waals surface area contributed by atoms with E-state index in [9.17, 15) is 4.79 Å². The minimum Gasteiger partial charge on any atom is -0.483 e. The van der Waals surface area contributed by atoms with Gasteiger partial charge >= 0.3 is 5.97 Å². The highest BCUT2D eigenvalue weighted by molar-refractivity contribution is 5.69. The second-order valence-corrected chi connectivity index (χ2v) is 7.08. The van der Waals surface area contributed by atoms with Gasteiger partial charge in [0.1, 0.15) is 12.1 Å². The van der Waals surface area contributed by atoms with Crippen molar-refractivity contribution in [1.82, 2.24) is 14.9 Å². The molecule has 3 N–H and O–H groups in total. The zero-order chi connectivity index (χ0) is 21.2. The first-order chi connectivity index (χ1) is 14.0. The highest BCUT2D eigenvalue weighted by atomic mass is 16.5. The first kappa shape index (κ1) is 22.5. The Hall–Kier alpha value is -2.79. The van der Waals surface area contributed by atoms with E-state index in [2.05, 4.69) is 20.9 Å². The summed E-state index contributed by atoms with van der Waals surface area (Å²) in [5, 5.41) is 22.9. The van der Waals surface area contributed by atoms with Gasteiger partial charge < -0.3 is 25.0 Å². The largest absolute Gasteiger partial charge is 0.483 e. The predicted octanol–water partition coefficient (Wildman–Crippen LogP) is -0.0228. The predicted molar refractivity (Wildman–Crippen MR) is 101 cm³/mol. The van der Waals surface area contributed by atoms with E-state index in [1.54, 1.807) is 6.33 Å². The maximum absolute atomic E-state index is 11.1. The van der Waals surface area contributed by atoms with Crippen LogP contribution in [0.15, 0.2) is 12.4 Å². The Morgan fingerprint density at radius 2 is 1.83 bits per heavy atom. The van der Waals surface area contributed by atoms with Crippen LogP contribution in [0.3, 0.4) is 0 Å². The van der Waals surface area contributed by atoms with Gasteiger partial charge in [0, 0.05) is 43.2 Å². The zero-order valence-electron chi connectivity index (χ0n) is 16.0. The Labute approximate surface area is 167 Å². The van der Waals surface area contributed by atoms with Crippen molar-refractivity contribution >= 4 is 24.7 Å². The maximum atomic E-state index is 11.1. The molecule has 160 valence electrons. The molecule has 1 saturated carbocycles. The summed E-state index contributed by atoms with van der Waals surface area (Å²) in [7, 11) is 0. The van der Waals surface area contributed by atoms with Crippen molar-refractivity contribution in [3.05, 3.63) is 18.1 Å². The number of fused-ring (bicyclic) bond motifs is 3. The molecule has 11 nitrogen and oxygen atoms in total. The molecule has 1 aliphatic carbocycles. The topological polar surface area (TPSA) is 153 Å². The van der Waals surface area contributed by atoms with E-state index in [0.29, 0.717) is 31.6 Å². The van der Waals surface area contributed by atoms with Crippen LogP contribution in [0.1, 0.15) is 24.5 Å². The van der Waals surface area contributed by atoms with Crippen LogP contribution in [0.4, 0.5) is 5.82 Å². The second-order valence-electron chi connectivity index (χ2n) is 7.08. The van der Waals surface area contributed by atoms with Gasteiger partial charge in [0.25, 0.3) is 12.9 Å². The molecule has 4 rings (SSSR count). The van der Waals surface area contributed by atoms with Crippen molar-refractivity contribution in [1.29, 1.82) is 0 Å². The third-order valence-corrected chi connectivity index (χ3v) is 4.87. The number of hydrogen-bond donors (Lipinski definition) is 3. The summed E-state index contributed by atoms with van der Waals surface area (Å²) in [5.74, 6) is 1.10. The molecule has 3 aliphatic rings. The highest BCUT2D eigenvalue weighted by Gasteiger charge is 2.35. The van der Waals surface area contributed by atoms with Crippen LogP contribution < -0.4 is 4.90 Å². The number of nitrogens with zero attached hydrogens (tertiary/aromatic N) is 4. The number of rotatable bonds is 4. The fourth-order valence-corrected chi connectivity index (χ4v) is 3.66. The lowest BCUT2D eigenvalue weighted by Crippen LogP contribution is -2.45. The van der Waals surface area contributed by atoms with Crippen LogP contribution in [0.5, 0.6) is 0 Å². The van der Waals surface area contributed by atoms with Crippen molar-refractivity contribution < 1.29 is 34.4 Å². The molecule has 11 heteroatoms. The average Bonchev–Trinajstić information content (AvgIpc) is 3.50. The Morgan fingerprint density at radius 1 is 1.14 bits per heavy atom. The number of carboxylic acid groups (broad SMARTS) is 3. The standard InChI is InChI=1S/C16H22N4O3.2CH2O2/c21-16(22)7-19-4-11-5-20(13(6-19)9-23-8-11)15-3-14(12-1-2-12)17-10-18-15;2*2-1-3/h3,10-13H,1-2,4-9H2,(H,21,22);2*1H,(H,2,3)/t11-,13-;;/m0../s1. The monoisotopic (exact) mass is 410 g/mol. The van der Waals surface area contributed by atoms with Crippen LogP contribution >= 0.6 is 0 Å². The highest BCUT2D eigenvalue weighted by Crippen LogP contribution is 2.39. The van der Waals surface area contributed by atoms with Crippen molar-refractivity contribution in [3.63, 3.8) is 0 Å². The van der Waals surface area contributed by atoms with Crippen LogP contribution in [-0.2, 0) is 19.1 Å². The normalized spacial score (nSPS) is 23.4. The molecular weight excluding hydrogens is 384 g/mol. The van der Waals surface area contributed by atoms with E-state index >= 15 is 0 Å². The van der Waals surface area contributed by atoms with E-state index in [-0.39, 0.29) is 25.5 Å². The number of ether oxygens (including phenoxy) is 1. The molecule has 1 aromatic rings. The van der Waals surface area contributed by atoms with Crippen molar-refractivity contribution in [2.24, 2.45) is 5.92 Å².